The van der Waals surface area contributed by atoms with Crippen molar-refractivity contribution in [1.82, 2.24) is 4.90 Å². The van der Waals surface area contributed by atoms with Gasteiger partial charge in [-0.2, -0.15) is 0 Å². The molecule has 2 unspecified atom stereocenters. The van der Waals surface area contributed by atoms with Crippen molar-refractivity contribution in [2.24, 2.45) is 15.9 Å². The van der Waals surface area contributed by atoms with E-state index in [4.69, 9.17) is 9.98 Å². The van der Waals surface area contributed by atoms with E-state index in [2.05, 4.69) is 19.2 Å². The van der Waals surface area contributed by atoms with E-state index in [1.165, 1.54) is 11.8 Å². The molecule has 160 valence electrons. The molecule has 0 radical (unpaired) electrons. The number of nitrogens with one attached hydrogen (secondary N) is 1. The first-order valence-corrected chi connectivity index (χ1v) is 11.4. The zero-order chi connectivity index (χ0) is 22.1. The molecule has 2 heterocycles. The highest BCUT2D eigenvalue weighted by Crippen LogP contribution is 2.35. The van der Waals surface area contributed by atoms with E-state index in [0.717, 1.165) is 22.5 Å². The Balaban J connectivity index is 1.59. The molecule has 2 aliphatic heterocycles. The first-order valence-electron chi connectivity index (χ1n) is 10.5. The quantitative estimate of drug-likeness (QED) is 0.737. The molecule has 0 saturated heterocycles. The Bertz CT molecular complexity index is 1090. The van der Waals surface area contributed by atoms with Gasteiger partial charge < -0.3 is 5.32 Å². The lowest BCUT2D eigenvalue weighted by Gasteiger charge is -2.27. The summed E-state index contributed by atoms with van der Waals surface area (Å²) in [4.78, 5) is 37.1. The third kappa shape index (κ3) is 4.42. The molecule has 0 fully saturated rings. The average Bonchev–Trinajstić information content (AvgIpc) is 3.04. The van der Waals surface area contributed by atoms with Crippen molar-refractivity contribution in [2.75, 3.05) is 5.32 Å². The highest BCUT2D eigenvalue weighted by molar-refractivity contribution is 8.15. The van der Waals surface area contributed by atoms with Gasteiger partial charge in [0.05, 0.1) is 10.9 Å². The maximum Gasteiger partial charge on any atom is 0.259 e. The number of hydrogen-bond acceptors (Lipinski definition) is 5. The zero-order valence-electron chi connectivity index (χ0n) is 18.1. The van der Waals surface area contributed by atoms with Crippen LogP contribution >= 0.6 is 11.8 Å². The van der Waals surface area contributed by atoms with Crippen molar-refractivity contribution >= 4 is 46.0 Å². The maximum atomic E-state index is 13.2. The number of benzene rings is 2. The molecule has 0 aromatic heterocycles. The molecular weight excluding hydrogens is 408 g/mol. The fraction of sp³-hybridized carbons (Fsp3) is 0.333. The number of nitrogens with zero attached hydrogens (tertiary/aromatic N) is 3. The number of carbonyl (C=O) groups is 2. The van der Waals surface area contributed by atoms with Gasteiger partial charge in [-0.05, 0) is 56.0 Å². The number of fused-ring (bicyclic) bond motifs is 3. The molecule has 2 aromatic rings. The van der Waals surface area contributed by atoms with Gasteiger partial charge in [0.1, 0.15) is 11.9 Å². The Morgan fingerprint density at radius 2 is 1.94 bits per heavy atom. The van der Waals surface area contributed by atoms with Crippen LogP contribution in [0.1, 0.15) is 38.3 Å². The molecule has 2 amide bonds. The van der Waals surface area contributed by atoms with Crippen LogP contribution in [-0.2, 0) is 9.59 Å². The number of hydrogen-bond donors (Lipinski definition) is 1. The van der Waals surface area contributed by atoms with Gasteiger partial charge >= 0.3 is 0 Å². The van der Waals surface area contributed by atoms with Crippen molar-refractivity contribution in [1.29, 1.82) is 0 Å². The van der Waals surface area contributed by atoms with E-state index in [1.54, 1.807) is 4.90 Å². The summed E-state index contributed by atoms with van der Waals surface area (Å²) >= 11 is 1.28. The minimum absolute atomic E-state index is 0.0734. The van der Waals surface area contributed by atoms with Gasteiger partial charge in [0, 0.05) is 11.3 Å². The van der Waals surface area contributed by atoms with Crippen molar-refractivity contribution in [3.05, 3.63) is 59.7 Å². The molecule has 0 spiro atoms. The van der Waals surface area contributed by atoms with E-state index < -0.39 is 11.3 Å². The monoisotopic (exact) mass is 434 g/mol. The summed E-state index contributed by atoms with van der Waals surface area (Å²) < 4.78 is 0. The number of amidine groups is 2. The van der Waals surface area contributed by atoms with Crippen LogP contribution in [0.15, 0.2) is 58.5 Å². The van der Waals surface area contributed by atoms with Crippen LogP contribution in [0.3, 0.4) is 0 Å². The highest BCUT2D eigenvalue weighted by atomic mass is 32.2. The first-order chi connectivity index (χ1) is 14.8. The number of carbonyl (C=O) groups excluding carboxylic acids is 2. The molecule has 31 heavy (non-hydrogen) atoms. The number of thioether (sulfide) groups is 1. The van der Waals surface area contributed by atoms with Crippen LogP contribution < -0.4 is 5.32 Å². The molecule has 1 N–H and O–H groups in total. The molecule has 0 bridgehead atoms. The number of para-hydroxylation sites is 1. The van der Waals surface area contributed by atoms with Gasteiger partial charge in [-0.15, -0.1) is 0 Å². The van der Waals surface area contributed by atoms with E-state index >= 15 is 0 Å². The summed E-state index contributed by atoms with van der Waals surface area (Å²) in [5.74, 6) is 0.772. The highest BCUT2D eigenvalue weighted by Gasteiger charge is 2.42. The van der Waals surface area contributed by atoms with Crippen molar-refractivity contribution < 1.29 is 9.59 Å². The molecule has 2 aromatic carbocycles. The summed E-state index contributed by atoms with van der Waals surface area (Å²) in [5.41, 5.74) is 3.45. The Labute approximate surface area is 186 Å². The summed E-state index contributed by atoms with van der Waals surface area (Å²) in [6.07, 6.45) is 0.683. The second-order valence-corrected chi connectivity index (χ2v) is 9.61. The second kappa shape index (κ2) is 8.67. The number of anilines is 1. The lowest BCUT2D eigenvalue weighted by molar-refractivity contribution is -0.125. The van der Waals surface area contributed by atoms with Crippen LogP contribution in [0.25, 0.3) is 0 Å². The third-order valence-electron chi connectivity index (χ3n) is 5.18. The van der Waals surface area contributed by atoms with Crippen LogP contribution in [0.4, 0.5) is 11.4 Å². The van der Waals surface area contributed by atoms with Crippen LogP contribution in [0, 0.1) is 12.8 Å². The zero-order valence-corrected chi connectivity index (χ0v) is 18.9. The topological polar surface area (TPSA) is 74.1 Å². The smallest absolute Gasteiger partial charge is 0.259 e. The summed E-state index contributed by atoms with van der Waals surface area (Å²) in [6, 6.07) is 14.9. The molecular formula is C24H26N4O2S. The Morgan fingerprint density at radius 1 is 1.16 bits per heavy atom. The van der Waals surface area contributed by atoms with E-state index in [0.29, 0.717) is 23.3 Å². The van der Waals surface area contributed by atoms with Gasteiger partial charge in [-0.25, -0.2) is 9.89 Å². The van der Waals surface area contributed by atoms with E-state index in [-0.39, 0.29) is 11.8 Å². The fourth-order valence-corrected chi connectivity index (χ4v) is 4.57. The number of aryl methyl sites for hydroxylation is 1. The molecule has 0 saturated carbocycles. The largest absolute Gasteiger partial charge is 0.325 e. The van der Waals surface area contributed by atoms with Crippen LogP contribution in [0.2, 0.25) is 0 Å². The summed E-state index contributed by atoms with van der Waals surface area (Å²) in [6.45, 7) is 7.97. The maximum absolute atomic E-state index is 13.2. The lowest BCUT2D eigenvalue weighted by atomic mass is 10.0. The minimum atomic E-state index is -0.442. The number of aliphatic imine (C=N–C) groups is 2. The lowest BCUT2D eigenvalue weighted by Crippen LogP contribution is -2.42. The van der Waals surface area contributed by atoms with Gasteiger partial charge in [0.25, 0.3) is 5.91 Å². The molecule has 2 atom stereocenters. The predicted octanol–water partition coefficient (Wildman–Crippen LogP) is 4.76. The Kier molecular flexibility index (Phi) is 5.96. The summed E-state index contributed by atoms with van der Waals surface area (Å²) in [5, 5.41) is 3.01. The minimum Gasteiger partial charge on any atom is -0.325 e. The molecule has 4 rings (SSSR count). The first kappa shape index (κ1) is 21.3. The number of amides is 2. The predicted molar refractivity (Wildman–Crippen MR) is 127 cm³/mol. The van der Waals surface area contributed by atoms with Crippen molar-refractivity contribution in [3.8, 4) is 0 Å². The fourth-order valence-electron chi connectivity index (χ4n) is 3.66. The average molecular weight is 435 g/mol. The SMILES string of the molecule is Cc1cccc(NC(=O)C(C)SC2=Nc3ccccc3C3=NC(CC(C)C)C(=O)N23)c1. The molecule has 7 heteroatoms. The normalized spacial score (nSPS) is 18.3. The second-order valence-electron chi connectivity index (χ2n) is 8.30. The number of rotatable bonds is 5. The van der Waals surface area contributed by atoms with Crippen LogP contribution in [0.5, 0.6) is 0 Å². The molecule has 6 nitrogen and oxygen atoms in total. The Hall–Kier alpha value is -2.93. The van der Waals surface area contributed by atoms with Crippen molar-refractivity contribution in [2.45, 2.75) is 45.4 Å². The molecule has 0 aliphatic carbocycles. The summed E-state index contributed by atoms with van der Waals surface area (Å²) in [7, 11) is 0. The van der Waals surface area contributed by atoms with Gasteiger partial charge in [-0.3, -0.25) is 14.6 Å². The molecule has 2 aliphatic rings. The van der Waals surface area contributed by atoms with E-state index in [1.807, 2.05) is 62.4 Å². The van der Waals surface area contributed by atoms with Gasteiger partial charge in [0.2, 0.25) is 5.91 Å². The van der Waals surface area contributed by atoms with Crippen LogP contribution in [-0.4, -0.2) is 39.0 Å². The van der Waals surface area contributed by atoms with Crippen molar-refractivity contribution in [3.63, 3.8) is 0 Å². The Morgan fingerprint density at radius 3 is 2.68 bits per heavy atom. The van der Waals surface area contributed by atoms with E-state index in [9.17, 15) is 9.59 Å². The third-order valence-corrected chi connectivity index (χ3v) is 6.23. The standard InChI is InChI=1S/C24H26N4O2S/c1-14(2)12-20-23(30)28-21(26-20)18-10-5-6-11-19(18)27-24(28)31-16(4)22(29)25-17-9-7-8-15(3)13-17/h5-11,13-14,16,20H,12H2,1-4H3,(H,25,29). The van der Waals surface area contributed by atoms with Gasteiger partial charge in [0.15, 0.2) is 5.17 Å². The van der Waals surface area contributed by atoms with Gasteiger partial charge in [-0.1, -0.05) is 49.9 Å².